The maximum atomic E-state index is 5.11. The van der Waals surface area contributed by atoms with Gasteiger partial charge in [0.15, 0.2) is 0 Å². The SMILES string of the molecule is COc1cccc(NCc2cccc3cccnc23)n1. The average molecular weight is 265 g/mol. The lowest BCUT2D eigenvalue weighted by Gasteiger charge is -2.09. The molecule has 0 saturated heterocycles. The highest BCUT2D eigenvalue weighted by atomic mass is 16.5. The number of benzene rings is 1. The lowest BCUT2D eigenvalue weighted by molar-refractivity contribution is 0.398. The van der Waals surface area contributed by atoms with E-state index in [0.29, 0.717) is 12.4 Å². The van der Waals surface area contributed by atoms with Crippen LogP contribution in [-0.4, -0.2) is 17.1 Å². The maximum Gasteiger partial charge on any atom is 0.214 e. The van der Waals surface area contributed by atoms with E-state index < -0.39 is 0 Å². The first kappa shape index (κ1) is 12.4. The van der Waals surface area contributed by atoms with Crippen molar-refractivity contribution in [3.63, 3.8) is 0 Å². The normalized spacial score (nSPS) is 10.4. The highest BCUT2D eigenvalue weighted by molar-refractivity contribution is 5.81. The van der Waals surface area contributed by atoms with E-state index in [1.807, 2.05) is 36.5 Å². The van der Waals surface area contributed by atoms with E-state index in [1.165, 1.54) is 0 Å². The van der Waals surface area contributed by atoms with Crippen molar-refractivity contribution in [2.24, 2.45) is 0 Å². The molecule has 0 atom stereocenters. The number of fused-ring (bicyclic) bond motifs is 1. The van der Waals surface area contributed by atoms with Crippen molar-refractivity contribution >= 4 is 16.7 Å². The van der Waals surface area contributed by atoms with Crippen LogP contribution in [0.3, 0.4) is 0 Å². The number of pyridine rings is 2. The van der Waals surface area contributed by atoms with Gasteiger partial charge in [-0.05, 0) is 17.7 Å². The van der Waals surface area contributed by atoms with Crippen molar-refractivity contribution in [1.29, 1.82) is 0 Å². The number of methoxy groups -OCH3 is 1. The van der Waals surface area contributed by atoms with E-state index in [2.05, 4.69) is 33.5 Å². The van der Waals surface area contributed by atoms with Crippen LogP contribution in [0.2, 0.25) is 0 Å². The van der Waals surface area contributed by atoms with E-state index >= 15 is 0 Å². The van der Waals surface area contributed by atoms with E-state index in [-0.39, 0.29) is 0 Å². The van der Waals surface area contributed by atoms with Crippen LogP contribution in [0.25, 0.3) is 10.9 Å². The molecule has 0 radical (unpaired) electrons. The molecule has 0 amide bonds. The largest absolute Gasteiger partial charge is 0.481 e. The number of anilines is 1. The Kier molecular flexibility index (Phi) is 3.46. The molecule has 3 rings (SSSR count). The van der Waals surface area contributed by atoms with Crippen molar-refractivity contribution in [1.82, 2.24) is 9.97 Å². The van der Waals surface area contributed by atoms with Gasteiger partial charge in [0.2, 0.25) is 5.88 Å². The van der Waals surface area contributed by atoms with Gasteiger partial charge in [0, 0.05) is 24.2 Å². The summed E-state index contributed by atoms with van der Waals surface area (Å²) in [5.74, 6) is 1.39. The second-order valence-electron chi connectivity index (χ2n) is 4.41. The third kappa shape index (κ3) is 2.54. The molecule has 0 aliphatic heterocycles. The molecule has 0 bridgehead atoms. The zero-order valence-corrected chi connectivity index (χ0v) is 11.2. The van der Waals surface area contributed by atoms with Crippen LogP contribution in [-0.2, 0) is 6.54 Å². The number of ether oxygens (including phenoxy) is 1. The van der Waals surface area contributed by atoms with Gasteiger partial charge in [0.05, 0.1) is 12.6 Å². The van der Waals surface area contributed by atoms with Crippen LogP contribution in [0.4, 0.5) is 5.82 Å². The molecular weight excluding hydrogens is 250 g/mol. The second-order valence-corrected chi connectivity index (χ2v) is 4.41. The molecule has 0 fully saturated rings. The van der Waals surface area contributed by atoms with Crippen LogP contribution >= 0.6 is 0 Å². The molecule has 0 unspecified atom stereocenters. The van der Waals surface area contributed by atoms with Crippen LogP contribution in [0.1, 0.15) is 5.56 Å². The third-order valence-electron chi connectivity index (χ3n) is 3.11. The number of aromatic nitrogens is 2. The van der Waals surface area contributed by atoms with Gasteiger partial charge >= 0.3 is 0 Å². The smallest absolute Gasteiger partial charge is 0.214 e. The fraction of sp³-hybridized carbons (Fsp3) is 0.125. The molecule has 0 spiro atoms. The maximum absolute atomic E-state index is 5.11. The van der Waals surface area contributed by atoms with Gasteiger partial charge in [-0.3, -0.25) is 4.98 Å². The molecule has 0 aliphatic rings. The summed E-state index contributed by atoms with van der Waals surface area (Å²) in [5, 5.41) is 4.44. The van der Waals surface area contributed by atoms with Crippen molar-refractivity contribution < 1.29 is 4.74 Å². The molecule has 1 N–H and O–H groups in total. The molecule has 4 nitrogen and oxygen atoms in total. The minimum absolute atomic E-state index is 0.603. The van der Waals surface area contributed by atoms with Gasteiger partial charge in [0.25, 0.3) is 0 Å². The van der Waals surface area contributed by atoms with Crippen LogP contribution in [0, 0.1) is 0 Å². The predicted molar refractivity (Wildman–Crippen MR) is 79.9 cm³/mol. The summed E-state index contributed by atoms with van der Waals surface area (Å²) >= 11 is 0. The van der Waals surface area contributed by atoms with E-state index in [9.17, 15) is 0 Å². The molecular formula is C16H15N3O. The van der Waals surface area contributed by atoms with Crippen molar-refractivity contribution in [3.8, 4) is 5.88 Å². The summed E-state index contributed by atoms with van der Waals surface area (Å²) < 4.78 is 5.11. The summed E-state index contributed by atoms with van der Waals surface area (Å²) in [4.78, 5) is 8.77. The number of nitrogens with one attached hydrogen (secondary N) is 1. The van der Waals surface area contributed by atoms with Gasteiger partial charge < -0.3 is 10.1 Å². The van der Waals surface area contributed by atoms with E-state index in [0.717, 1.165) is 22.3 Å². The van der Waals surface area contributed by atoms with E-state index in [4.69, 9.17) is 4.74 Å². The first-order valence-electron chi connectivity index (χ1n) is 6.44. The summed E-state index contributed by atoms with van der Waals surface area (Å²) in [6.45, 7) is 0.675. The molecule has 0 saturated carbocycles. The van der Waals surface area contributed by atoms with Crippen molar-refractivity contribution in [2.75, 3.05) is 12.4 Å². The summed E-state index contributed by atoms with van der Waals surface area (Å²) in [5.41, 5.74) is 2.16. The van der Waals surface area contributed by atoms with Gasteiger partial charge in [-0.15, -0.1) is 0 Å². The second kappa shape index (κ2) is 5.57. The first-order valence-corrected chi connectivity index (χ1v) is 6.44. The predicted octanol–water partition coefficient (Wildman–Crippen LogP) is 3.25. The quantitative estimate of drug-likeness (QED) is 0.786. The Hall–Kier alpha value is -2.62. The Morgan fingerprint density at radius 1 is 1.05 bits per heavy atom. The van der Waals surface area contributed by atoms with Crippen molar-refractivity contribution in [2.45, 2.75) is 6.54 Å². The average Bonchev–Trinajstić information content (AvgIpc) is 2.53. The van der Waals surface area contributed by atoms with Crippen LogP contribution < -0.4 is 10.1 Å². The number of rotatable bonds is 4. The molecule has 20 heavy (non-hydrogen) atoms. The number of hydrogen-bond acceptors (Lipinski definition) is 4. The Labute approximate surface area is 117 Å². The number of hydrogen-bond donors (Lipinski definition) is 1. The summed E-state index contributed by atoms with van der Waals surface area (Å²) in [6, 6.07) is 15.8. The highest BCUT2D eigenvalue weighted by Gasteiger charge is 2.02. The van der Waals surface area contributed by atoms with Crippen LogP contribution in [0.15, 0.2) is 54.7 Å². The fourth-order valence-electron chi connectivity index (χ4n) is 2.12. The standard InChI is InChI=1S/C16H15N3O/c1-20-15-9-3-8-14(19-15)18-11-13-6-2-5-12-7-4-10-17-16(12)13/h2-10H,11H2,1H3,(H,18,19). The van der Waals surface area contributed by atoms with Gasteiger partial charge in [-0.25, -0.2) is 0 Å². The lowest BCUT2D eigenvalue weighted by atomic mass is 10.1. The summed E-state index contributed by atoms with van der Waals surface area (Å²) in [6.07, 6.45) is 1.82. The zero-order chi connectivity index (χ0) is 13.8. The van der Waals surface area contributed by atoms with E-state index in [1.54, 1.807) is 7.11 Å². The highest BCUT2D eigenvalue weighted by Crippen LogP contribution is 2.17. The number of nitrogens with zero attached hydrogens (tertiary/aromatic N) is 2. The molecule has 1 aromatic carbocycles. The lowest BCUT2D eigenvalue weighted by Crippen LogP contribution is -2.03. The van der Waals surface area contributed by atoms with Crippen molar-refractivity contribution in [3.05, 3.63) is 60.3 Å². The Morgan fingerprint density at radius 3 is 2.80 bits per heavy atom. The topological polar surface area (TPSA) is 47.0 Å². The molecule has 2 aromatic heterocycles. The molecule has 0 aliphatic carbocycles. The molecule has 2 heterocycles. The third-order valence-corrected chi connectivity index (χ3v) is 3.11. The minimum atomic E-state index is 0.603. The summed E-state index contributed by atoms with van der Waals surface area (Å²) in [7, 11) is 1.61. The fourth-order valence-corrected chi connectivity index (χ4v) is 2.12. The monoisotopic (exact) mass is 265 g/mol. The Morgan fingerprint density at radius 2 is 1.90 bits per heavy atom. The molecule has 100 valence electrons. The molecule has 3 aromatic rings. The van der Waals surface area contributed by atoms with Crippen LogP contribution in [0.5, 0.6) is 5.88 Å². The number of para-hydroxylation sites is 1. The Balaban J connectivity index is 1.83. The minimum Gasteiger partial charge on any atom is -0.481 e. The van der Waals surface area contributed by atoms with Gasteiger partial charge in [-0.1, -0.05) is 30.3 Å². The Bertz CT molecular complexity index is 722. The zero-order valence-electron chi connectivity index (χ0n) is 11.2. The van der Waals surface area contributed by atoms with Gasteiger partial charge in [0.1, 0.15) is 5.82 Å². The van der Waals surface area contributed by atoms with Gasteiger partial charge in [-0.2, -0.15) is 4.98 Å². The molecule has 4 heteroatoms. The first-order chi connectivity index (χ1) is 9.86.